The normalized spacial score (nSPS) is 19.7. The fraction of sp³-hybridized carbons (Fsp3) is 0.538. The average molecular weight is 439 g/mol. The first kappa shape index (κ1) is 22.6. The Morgan fingerprint density at radius 1 is 1.16 bits per heavy atom. The van der Waals surface area contributed by atoms with Crippen molar-refractivity contribution in [3.05, 3.63) is 53.3 Å². The van der Waals surface area contributed by atoms with Gasteiger partial charge in [0.2, 0.25) is 0 Å². The maximum absolute atomic E-state index is 13.2. The third kappa shape index (κ3) is 4.75. The van der Waals surface area contributed by atoms with Crippen LogP contribution in [0.4, 0.5) is 0 Å². The van der Waals surface area contributed by atoms with Crippen molar-refractivity contribution in [2.45, 2.75) is 77.8 Å². The van der Waals surface area contributed by atoms with Crippen molar-refractivity contribution >= 4 is 5.91 Å². The molecule has 1 aromatic heterocycles. The van der Waals surface area contributed by atoms with Crippen molar-refractivity contribution in [1.29, 1.82) is 0 Å². The maximum Gasteiger partial charge on any atom is 0.253 e. The summed E-state index contributed by atoms with van der Waals surface area (Å²) >= 11 is 0. The average Bonchev–Trinajstić information content (AvgIpc) is 2.74. The highest BCUT2D eigenvalue weighted by Gasteiger charge is 2.44. The van der Waals surface area contributed by atoms with Crippen LogP contribution in [0.1, 0.15) is 74.5 Å². The third-order valence-electron chi connectivity index (χ3n) is 6.22. The minimum Gasteiger partial charge on any atom is -0.491 e. The monoisotopic (exact) mass is 438 g/mol. The number of rotatable bonds is 5. The van der Waals surface area contributed by atoms with Gasteiger partial charge in [0.25, 0.3) is 5.91 Å². The summed E-state index contributed by atoms with van der Waals surface area (Å²) in [6, 6.07) is 7.62. The molecule has 2 aliphatic heterocycles. The van der Waals surface area contributed by atoms with Crippen molar-refractivity contribution in [1.82, 2.24) is 9.88 Å². The van der Waals surface area contributed by atoms with Crippen molar-refractivity contribution in [3.63, 3.8) is 0 Å². The second kappa shape index (κ2) is 9.10. The number of hydrogen-bond donors (Lipinski definition) is 0. The summed E-state index contributed by atoms with van der Waals surface area (Å²) in [5.41, 5.74) is 2.39. The predicted octanol–water partition coefficient (Wildman–Crippen LogP) is 5.10. The quantitative estimate of drug-likeness (QED) is 0.650. The van der Waals surface area contributed by atoms with E-state index in [4.69, 9.17) is 14.2 Å². The molecule has 172 valence electrons. The lowest BCUT2D eigenvalue weighted by Gasteiger charge is -2.46. The fourth-order valence-electron chi connectivity index (χ4n) is 4.68. The number of piperidine rings is 1. The Morgan fingerprint density at radius 2 is 1.91 bits per heavy atom. The van der Waals surface area contributed by atoms with Crippen LogP contribution < -0.4 is 9.47 Å². The van der Waals surface area contributed by atoms with Gasteiger partial charge in [0, 0.05) is 55.9 Å². The van der Waals surface area contributed by atoms with Gasteiger partial charge in [-0.15, -0.1) is 0 Å². The number of benzene rings is 1. The summed E-state index contributed by atoms with van der Waals surface area (Å²) in [5.74, 6) is 1.75. The number of amides is 1. The van der Waals surface area contributed by atoms with Crippen LogP contribution in [0.25, 0.3) is 0 Å². The van der Waals surface area contributed by atoms with Gasteiger partial charge in [0.1, 0.15) is 17.1 Å². The van der Waals surface area contributed by atoms with Gasteiger partial charge in [0.15, 0.2) is 0 Å². The molecule has 0 bridgehead atoms. The summed E-state index contributed by atoms with van der Waals surface area (Å²) in [6.45, 7) is 11.4. The molecule has 1 amide bonds. The van der Waals surface area contributed by atoms with Gasteiger partial charge in [-0.1, -0.05) is 0 Å². The highest BCUT2D eigenvalue weighted by Crippen LogP contribution is 2.46. The van der Waals surface area contributed by atoms with Crippen LogP contribution >= 0.6 is 0 Å². The molecule has 4 rings (SSSR count). The van der Waals surface area contributed by atoms with E-state index in [0.717, 1.165) is 41.9 Å². The number of carbonyl (C=O) groups is 1. The highest BCUT2D eigenvalue weighted by atomic mass is 16.5. The summed E-state index contributed by atoms with van der Waals surface area (Å²) < 4.78 is 18.5. The van der Waals surface area contributed by atoms with E-state index in [1.165, 1.54) is 0 Å². The Morgan fingerprint density at radius 3 is 2.56 bits per heavy atom. The van der Waals surface area contributed by atoms with Crippen LogP contribution in [0, 0.1) is 6.92 Å². The molecule has 32 heavy (non-hydrogen) atoms. The van der Waals surface area contributed by atoms with E-state index in [0.29, 0.717) is 18.7 Å². The third-order valence-corrected chi connectivity index (χ3v) is 6.22. The van der Waals surface area contributed by atoms with Gasteiger partial charge in [-0.25, -0.2) is 0 Å². The molecule has 1 aromatic carbocycles. The first-order valence-corrected chi connectivity index (χ1v) is 11.6. The Bertz CT molecular complexity index is 964. The summed E-state index contributed by atoms with van der Waals surface area (Å²) in [4.78, 5) is 19.4. The largest absolute Gasteiger partial charge is 0.491 e. The number of nitrogens with zero attached hydrogens (tertiary/aromatic N) is 2. The SMILES string of the molecule is Cc1cc(C(=O)N2CCC3(CC2)CC(OC(C)C)c2cnccc2O3)ccc1OC(C)C. The van der Waals surface area contributed by atoms with Crippen LogP contribution in [-0.2, 0) is 4.74 Å². The van der Waals surface area contributed by atoms with Crippen LogP contribution in [0.2, 0.25) is 0 Å². The molecule has 6 nitrogen and oxygen atoms in total. The van der Waals surface area contributed by atoms with Gasteiger partial charge in [-0.05, 0) is 64.4 Å². The Kier molecular flexibility index (Phi) is 6.42. The van der Waals surface area contributed by atoms with Crippen molar-refractivity contribution in [3.8, 4) is 11.5 Å². The topological polar surface area (TPSA) is 60.9 Å². The smallest absolute Gasteiger partial charge is 0.253 e. The van der Waals surface area contributed by atoms with Crippen molar-refractivity contribution in [2.75, 3.05) is 13.1 Å². The van der Waals surface area contributed by atoms with E-state index in [1.807, 2.05) is 56.1 Å². The molecule has 1 saturated heterocycles. The minimum atomic E-state index is -0.310. The molecule has 1 atom stereocenters. The molecule has 6 heteroatoms. The molecule has 0 radical (unpaired) electrons. The van der Waals surface area contributed by atoms with Gasteiger partial charge >= 0.3 is 0 Å². The molecule has 1 unspecified atom stereocenters. The second-order valence-electron chi connectivity index (χ2n) is 9.52. The molecule has 2 aromatic rings. The minimum absolute atomic E-state index is 0.0362. The van der Waals surface area contributed by atoms with Crippen molar-refractivity contribution in [2.24, 2.45) is 0 Å². The molecule has 3 heterocycles. The van der Waals surface area contributed by atoms with E-state index in [2.05, 4.69) is 18.8 Å². The number of aryl methyl sites for hydroxylation is 1. The fourth-order valence-corrected chi connectivity index (χ4v) is 4.68. The lowest BCUT2D eigenvalue weighted by atomic mass is 9.81. The van der Waals surface area contributed by atoms with Gasteiger partial charge in [-0.2, -0.15) is 0 Å². The lowest BCUT2D eigenvalue weighted by molar-refractivity contribution is -0.0874. The zero-order valence-corrected chi connectivity index (χ0v) is 19.8. The Labute approximate surface area is 190 Å². The molecule has 1 spiro atoms. The number of aromatic nitrogens is 1. The standard InChI is InChI=1S/C26H34N2O4/c1-17(2)30-22-7-6-20(14-19(22)5)25(29)28-12-9-26(10-13-28)15-24(31-18(3)4)21-16-27-11-8-23(21)32-26/h6-8,11,14,16-18,24H,9-10,12-13,15H2,1-5H3. The Hall–Kier alpha value is -2.60. The summed E-state index contributed by atoms with van der Waals surface area (Å²) in [5, 5.41) is 0. The van der Waals surface area contributed by atoms with Gasteiger partial charge in [-0.3, -0.25) is 9.78 Å². The number of likely N-dealkylation sites (tertiary alicyclic amines) is 1. The maximum atomic E-state index is 13.2. The number of ether oxygens (including phenoxy) is 3. The zero-order valence-electron chi connectivity index (χ0n) is 19.8. The highest BCUT2D eigenvalue weighted by molar-refractivity contribution is 5.94. The molecule has 1 fully saturated rings. The zero-order chi connectivity index (χ0) is 22.9. The van der Waals surface area contributed by atoms with E-state index in [1.54, 1.807) is 6.20 Å². The van der Waals surface area contributed by atoms with E-state index in [9.17, 15) is 4.79 Å². The second-order valence-corrected chi connectivity index (χ2v) is 9.52. The van der Waals surface area contributed by atoms with E-state index < -0.39 is 0 Å². The molecule has 2 aliphatic rings. The number of hydrogen-bond acceptors (Lipinski definition) is 5. The van der Waals surface area contributed by atoms with Crippen LogP contribution in [0.15, 0.2) is 36.7 Å². The van der Waals surface area contributed by atoms with Crippen LogP contribution in [0.3, 0.4) is 0 Å². The number of carbonyl (C=O) groups excluding carboxylic acids is 1. The van der Waals surface area contributed by atoms with Gasteiger partial charge in [0.05, 0.1) is 18.3 Å². The van der Waals surface area contributed by atoms with Crippen LogP contribution in [-0.4, -0.2) is 46.7 Å². The van der Waals surface area contributed by atoms with Gasteiger partial charge < -0.3 is 19.1 Å². The van der Waals surface area contributed by atoms with E-state index >= 15 is 0 Å². The first-order chi connectivity index (χ1) is 15.3. The first-order valence-electron chi connectivity index (χ1n) is 11.6. The van der Waals surface area contributed by atoms with Crippen LogP contribution in [0.5, 0.6) is 11.5 Å². The number of fused-ring (bicyclic) bond motifs is 1. The molecular weight excluding hydrogens is 404 g/mol. The molecule has 0 N–H and O–H groups in total. The molecule has 0 aliphatic carbocycles. The number of pyridine rings is 1. The summed E-state index contributed by atoms with van der Waals surface area (Å²) in [7, 11) is 0. The van der Waals surface area contributed by atoms with E-state index in [-0.39, 0.29) is 29.8 Å². The summed E-state index contributed by atoms with van der Waals surface area (Å²) in [6.07, 6.45) is 6.15. The predicted molar refractivity (Wildman–Crippen MR) is 123 cm³/mol. The lowest BCUT2D eigenvalue weighted by Crippen LogP contribution is -2.52. The Balaban J connectivity index is 1.45. The molecule has 0 saturated carbocycles. The molecular formula is C26H34N2O4. The van der Waals surface area contributed by atoms with Crippen molar-refractivity contribution < 1.29 is 19.0 Å².